The van der Waals surface area contributed by atoms with Crippen molar-refractivity contribution in [2.45, 2.75) is 66.5 Å². The molecule has 0 aromatic heterocycles. The molecule has 21 heavy (non-hydrogen) atoms. The van der Waals surface area contributed by atoms with Crippen LogP contribution in [0.5, 0.6) is 0 Å². The average molecular weight is 300 g/mol. The van der Waals surface area contributed by atoms with Crippen LogP contribution in [-0.2, 0) is 0 Å². The summed E-state index contributed by atoms with van der Waals surface area (Å²) in [6, 6.07) is 0. The molecule has 0 fully saturated rings. The molecule has 0 spiro atoms. The minimum atomic E-state index is -0.357. The zero-order valence-electron chi connectivity index (χ0n) is 14.7. The Morgan fingerprint density at radius 3 is 1.29 bits per heavy atom. The van der Waals surface area contributed by atoms with Gasteiger partial charge in [-0.05, 0) is 47.0 Å². The fraction of sp³-hybridized carbons (Fsp3) is 0.867. The first-order chi connectivity index (χ1) is 9.38. The molecule has 0 saturated carbocycles. The van der Waals surface area contributed by atoms with Gasteiger partial charge in [-0.25, -0.2) is 0 Å². The van der Waals surface area contributed by atoms with Crippen molar-refractivity contribution in [3.8, 4) is 0 Å². The fourth-order valence-corrected chi connectivity index (χ4v) is 1.49. The average Bonchev–Trinajstić information content (AvgIpc) is 2.41. The first-order valence-corrected chi connectivity index (χ1v) is 7.26. The molecule has 6 heteroatoms. The third-order valence-electron chi connectivity index (χ3n) is 4.13. The number of rotatable bonds is 8. The van der Waals surface area contributed by atoms with E-state index in [-0.39, 0.29) is 16.5 Å². The summed E-state index contributed by atoms with van der Waals surface area (Å²) in [5, 5.41) is 31.2. The Morgan fingerprint density at radius 1 is 0.762 bits per heavy atom. The first kappa shape index (κ1) is 19.9. The third kappa shape index (κ3) is 6.44. The first-order valence-electron chi connectivity index (χ1n) is 7.26. The minimum absolute atomic E-state index is 0.0139. The van der Waals surface area contributed by atoms with Crippen molar-refractivity contribution in [1.29, 1.82) is 0 Å². The van der Waals surface area contributed by atoms with Crippen molar-refractivity contribution in [3.05, 3.63) is 0 Å². The van der Waals surface area contributed by atoms with Crippen molar-refractivity contribution in [2.24, 2.45) is 15.7 Å². The molecule has 4 N–H and O–H groups in total. The van der Waals surface area contributed by atoms with Gasteiger partial charge in [0.05, 0.1) is 22.5 Å². The maximum atomic E-state index is 8.90. The van der Waals surface area contributed by atoms with Crippen molar-refractivity contribution in [3.63, 3.8) is 0 Å². The molecule has 0 aliphatic heterocycles. The molecule has 124 valence electrons. The Labute approximate surface area is 128 Å². The van der Waals surface area contributed by atoms with Crippen molar-refractivity contribution in [2.75, 3.05) is 13.1 Å². The standard InChI is InChI=1S/C15H32N4O2/c1-11(18-20)14(5,6)16-9-13(3,4)10-17-15(7,8)12(2)19-21/h16-17,20-21H,9-10H2,1-8H3/b18-11+,19-12+. The predicted octanol–water partition coefficient (Wildman–Crippen LogP) is 2.45. The Balaban J connectivity index is 4.59. The lowest BCUT2D eigenvalue weighted by atomic mass is 9.88. The Hall–Kier alpha value is -1.14. The summed E-state index contributed by atoms with van der Waals surface area (Å²) in [7, 11) is 0. The van der Waals surface area contributed by atoms with Gasteiger partial charge in [-0.1, -0.05) is 24.2 Å². The van der Waals surface area contributed by atoms with Gasteiger partial charge in [-0.15, -0.1) is 0 Å². The molecule has 0 saturated heterocycles. The second-order valence-corrected chi connectivity index (χ2v) is 7.49. The molecule has 0 radical (unpaired) electrons. The van der Waals surface area contributed by atoms with E-state index in [2.05, 4.69) is 34.8 Å². The highest BCUT2D eigenvalue weighted by atomic mass is 16.4. The molecule has 0 heterocycles. The molecule has 0 aliphatic rings. The lowest BCUT2D eigenvalue weighted by Gasteiger charge is -2.35. The summed E-state index contributed by atoms with van der Waals surface area (Å²) in [4.78, 5) is 0. The van der Waals surface area contributed by atoms with Crippen LogP contribution in [-0.4, -0.2) is 46.0 Å². The van der Waals surface area contributed by atoms with Crippen LogP contribution in [0, 0.1) is 5.41 Å². The number of hydrogen-bond donors (Lipinski definition) is 4. The van der Waals surface area contributed by atoms with Crippen LogP contribution in [0.2, 0.25) is 0 Å². The van der Waals surface area contributed by atoms with E-state index in [0.717, 1.165) is 13.1 Å². The SMILES string of the molecule is C/C(=N\O)C(C)(C)NCC(C)(C)CNC(C)(C)/C(C)=N/O. The van der Waals surface area contributed by atoms with E-state index >= 15 is 0 Å². The highest BCUT2D eigenvalue weighted by Crippen LogP contribution is 2.17. The van der Waals surface area contributed by atoms with Crippen molar-refractivity contribution >= 4 is 11.4 Å². The Kier molecular flexibility index (Phi) is 6.83. The van der Waals surface area contributed by atoms with Gasteiger partial charge >= 0.3 is 0 Å². The summed E-state index contributed by atoms with van der Waals surface area (Å²) < 4.78 is 0. The molecule has 0 unspecified atom stereocenters. The molecule has 0 atom stereocenters. The van der Waals surface area contributed by atoms with Crippen molar-refractivity contribution in [1.82, 2.24) is 10.6 Å². The highest BCUT2D eigenvalue weighted by Gasteiger charge is 2.29. The van der Waals surface area contributed by atoms with Crippen LogP contribution in [0.1, 0.15) is 55.4 Å². The number of nitrogens with one attached hydrogen (secondary N) is 2. The van der Waals surface area contributed by atoms with Crippen LogP contribution < -0.4 is 10.6 Å². The van der Waals surface area contributed by atoms with Gasteiger partial charge in [-0.3, -0.25) is 0 Å². The molecule has 6 nitrogen and oxygen atoms in total. The Bertz CT molecular complexity index is 362. The van der Waals surface area contributed by atoms with E-state index < -0.39 is 0 Å². The number of nitrogens with zero attached hydrogens (tertiary/aromatic N) is 2. The van der Waals surface area contributed by atoms with Crippen LogP contribution in [0.3, 0.4) is 0 Å². The number of oxime groups is 2. The molecular weight excluding hydrogens is 268 g/mol. The van der Waals surface area contributed by atoms with Gasteiger partial charge in [0, 0.05) is 13.1 Å². The quantitative estimate of drug-likeness (QED) is 0.315. The molecule has 0 bridgehead atoms. The summed E-state index contributed by atoms with van der Waals surface area (Å²) in [6.07, 6.45) is 0. The van der Waals surface area contributed by atoms with Gasteiger partial charge in [0.2, 0.25) is 0 Å². The normalized spacial score (nSPS) is 15.4. The zero-order valence-corrected chi connectivity index (χ0v) is 14.7. The van der Waals surface area contributed by atoms with Gasteiger partial charge in [0.15, 0.2) is 0 Å². The van der Waals surface area contributed by atoms with Gasteiger partial charge in [0.1, 0.15) is 0 Å². The van der Waals surface area contributed by atoms with Crippen molar-refractivity contribution < 1.29 is 10.4 Å². The van der Waals surface area contributed by atoms with Gasteiger partial charge in [-0.2, -0.15) is 0 Å². The second kappa shape index (κ2) is 7.22. The lowest BCUT2D eigenvalue weighted by molar-refractivity contribution is 0.268. The van der Waals surface area contributed by atoms with Crippen LogP contribution >= 0.6 is 0 Å². The third-order valence-corrected chi connectivity index (χ3v) is 4.13. The molecule has 0 aliphatic carbocycles. The van der Waals surface area contributed by atoms with E-state index in [1.54, 1.807) is 13.8 Å². The largest absolute Gasteiger partial charge is 0.411 e. The van der Waals surface area contributed by atoms with Gasteiger partial charge < -0.3 is 21.0 Å². The summed E-state index contributed by atoms with van der Waals surface area (Å²) in [5.41, 5.74) is 0.568. The lowest BCUT2D eigenvalue weighted by Crippen LogP contribution is -2.54. The summed E-state index contributed by atoms with van der Waals surface area (Å²) in [5.74, 6) is 0. The van der Waals surface area contributed by atoms with Crippen LogP contribution in [0.4, 0.5) is 0 Å². The van der Waals surface area contributed by atoms with E-state index in [0.29, 0.717) is 11.4 Å². The Morgan fingerprint density at radius 2 is 1.05 bits per heavy atom. The van der Waals surface area contributed by atoms with E-state index in [1.165, 1.54) is 0 Å². The smallest absolute Gasteiger partial charge is 0.0734 e. The molecular formula is C15H32N4O2. The maximum Gasteiger partial charge on any atom is 0.0734 e. The van der Waals surface area contributed by atoms with E-state index in [9.17, 15) is 0 Å². The predicted molar refractivity (Wildman–Crippen MR) is 87.7 cm³/mol. The number of hydrogen-bond acceptors (Lipinski definition) is 6. The molecule has 0 rings (SSSR count). The minimum Gasteiger partial charge on any atom is -0.411 e. The van der Waals surface area contributed by atoms with Crippen LogP contribution in [0.25, 0.3) is 0 Å². The van der Waals surface area contributed by atoms with E-state index in [1.807, 2.05) is 27.7 Å². The van der Waals surface area contributed by atoms with Crippen LogP contribution in [0.15, 0.2) is 10.3 Å². The van der Waals surface area contributed by atoms with Gasteiger partial charge in [0.25, 0.3) is 0 Å². The maximum absolute atomic E-state index is 8.90. The zero-order chi connectivity index (χ0) is 16.9. The molecule has 0 amide bonds. The second-order valence-electron chi connectivity index (χ2n) is 7.49. The molecule has 0 aromatic carbocycles. The fourth-order valence-electron chi connectivity index (χ4n) is 1.49. The van der Waals surface area contributed by atoms with E-state index in [4.69, 9.17) is 10.4 Å². The monoisotopic (exact) mass is 300 g/mol. The summed E-state index contributed by atoms with van der Waals surface area (Å²) >= 11 is 0. The summed E-state index contributed by atoms with van der Waals surface area (Å²) in [6.45, 7) is 17.3. The molecule has 0 aromatic rings. The topological polar surface area (TPSA) is 89.2 Å². The highest BCUT2D eigenvalue weighted by molar-refractivity contribution is 5.90.